The molecule has 0 fully saturated rings. The molecule has 0 aromatic heterocycles. The molecule has 2 aromatic rings. The van der Waals surface area contributed by atoms with Gasteiger partial charge in [0.25, 0.3) is 0 Å². The lowest BCUT2D eigenvalue weighted by molar-refractivity contribution is -0.146. The number of ether oxygens (including phenoxy) is 1. The Morgan fingerprint density at radius 3 is 2.38 bits per heavy atom. The summed E-state index contributed by atoms with van der Waals surface area (Å²) in [5.41, 5.74) is 2.72. The molecule has 0 aliphatic heterocycles. The number of carbonyl (C=O) groups is 1. The van der Waals surface area contributed by atoms with Crippen molar-refractivity contribution in [3.63, 3.8) is 0 Å². The van der Waals surface area contributed by atoms with Crippen LogP contribution >= 0.6 is 0 Å². The quantitative estimate of drug-likeness (QED) is 0.480. The highest BCUT2D eigenvalue weighted by Gasteiger charge is 2.05. The van der Waals surface area contributed by atoms with Gasteiger partial charge in [-0.3, -0.25) is 0 Å². The predicted molar refractivity (Wildman–Crippen MR) is 81.4 cm³/mol. The monoisotopic (exact) mass is 283 g/mol. The fraction of sp³-hybridized carbons (Fsp3) is 0.176. The molecule has 0 amide bonds. The molecule has 0 spiro atoms. The molecule has 0 saturated carbocycles. The number of carbonyl (C=O) groups excluding carboxylic acids is 1. The lowest BCUT2D eigenvalue weighted by Crippen LogP contribution is -2.13. The number of nitrogens with zero attached hydrogens (tertiary/aromatic N) is 1. The summed E-state index contributed by atoms with van der Waals surface area (Å²) in [7, 11) is 0. The van der Waals surface area contributed by atoms with Crippen LogP contribution in [-0.2, 0) is 9.63 Å². The highest BCUT2D eigenvalue weighted by molar-refractivity contribution is 5.98. The van der Waals surface area contributed by atoms with Crippen LogP contribution in [0.4, 0.5) is 0 Å². The van der Waals surface area contributed by atoms with Crippen LogP contribution < -0.4 is 4.74 Å². The van der Waals surface area contributed by atoms with E-state index in [1.54, 1.807) is 19.1 Å². The van der Waals surface area contributed by atoms with Gasteiger partial charge in [0.2, 0.25) is 0 Å². The maximum Gasteiger partial charge on any atom is 0.372 e. The van der Waals surface area contributed by atoms with E-state index in [-0.39, 0.29) is 6.61 Å². The largest absolute Gasteiger partial charge is 0.482 e. The molecule has 0 atom stereocenters. The van der Waals surface area contributed by atoms with E-state index in [1.807, 2.05) is 49.4 Å². The van der Waals surface area contributed by atoms with E-state index in [2.05, 4.69) is 5.16 Å². The third-order valence-electron chi connectivity index (χ3n) is 2.85. The van der Waals surface area contributed by atoms with E-state index in [0.717, 1.165) is 5.56 Å². The molecule has 21 heavy (non-hydrogen) atoms. The third-order valence-corrected chi connectivity index (χ3v) is 2.85. The Morgan fingerprint density at radius 2 is 1.71 bits per heavy atom. The summed E-state index contributed by atoms with van der Waals surface area (Å²) in [6.45, 7) is 3.63. The topological polar surface area (TPSA) is 47.9 Å². The van der Waals surface area contributed by atoms with E-state index in [9.17, 15) is 4.79 Å². The van der Waals surface area contributed by atoms with Crippen molar-refractivity contribution in [1.29, 1.82) is 0 Å². The molecule has 0 saturated heterocycles. The zero-order chi connectivity index (χ0) is 15.1. The summed E-state index contributed by atoms with van der Waals surface area (Å²) < 4.78 is 5.28. The molecular weight excluding hydrogens is 266 g/mol. The first-order valence-corrected chi connectivity index (χ1v) is 6.64. The lowest BCUT2D eigenvalue weighted by atomic mass is 10.1. The Morgan fingerprint density at radius 1 is 1.05 bits per heavy atom. The van der Waals surface area contributed by atoms with Crippen LogP contribution in [0, 0.1) is 6.92 Å². The first kappa shape index (κ1) is 14.8. The normalized spacial score (nSPS) is 11.0. The molecule has 4 heteroatoms. The molecule has 108 valence electrons. The molecule has 0 aliphatic rings. The third kappa shape index (κ3) is 4.76. The van der Waals surface area contributed by atoms with Gasteiger partial charge >= 0.3 is 5.97 Å². The first-order valence-electron chi connectivity index (χ1n) is 6.64. The van der Waals surface area contributed by atoms with Gasteiger partial charge in [-0.2, -0.15) is 0 Å². The Hall–Kier alpha value is -2.62. The van der Waals surface area contributed by atoms with Gasteiger partial charge in [-0.05, 0) is 31.5 Å². The molecule has 2 aromatic carbocycles. The fourth-order valence-electron chi connectivity index (χ4n) is 1.65. The lowest BCUT2D eigenvalue weighted by Gasteiger charge is -2.04. The smallest absolute Gasteiger partial charge is 0.372 e. The fourth-order valence-corrected chi connectivity index (χ4v) is 1.65. The zero-order valence-corrected chi connectivity index (χ0v) is 12.1. The predicted octanol–water partition coefficient (Wildman–Crippen LogP) is 3.34. The number of para-hydroxylation sites is 1. The van der Waals surface area contributed by atoms with Crippen molar-refractivity contribution in [1.82, 2.24) is 0 Å². The zero-order valence-electron chi connectivity index (χ0n) is 12.1. The highest BCUT2D eigenvalue weighted by atomic mass is 16.7. The molecule has 0 aliphatic carbocycles. The summed E-state index contributed by atoms with van der Waals surface area (Å²) in [5, 5.41) is 3.82. The number of hydrogen-bond acceptors (Lipinski definition) is 4. The second-order valence-electron chi connectivity index (χ2n) is 4.61. The van der Waals surface area contributed by atoms with Gasteiger partial charge in [-0.1, -0.05) is 53.2 Å². The summed E-state index contributed by atoms with van der Waals surface area (Å²) >= 11 is 0. The van der Waals surface area contributed by atoms with Crippen molar-refractivity contribution in [2.24, 2.45) is 5.16 Å². The SMILES string of the molecule is CC(=NOC(=O)COc1ccccc1)c1ccc(C)cc1. The van der Waals surface area contributed by atoms with Crippen molar-refractivity contribution in [3.05, 3.63) is 65.7 Å². The van der Waals surface area contributed by atoms with Crippen LogP contribution in [-0.4, -0.2) is 18.3 Å². The number of benzene rings is 2. The van der Waals surface area contributed by atoms with Gasteiger partial charge in [-0.25, -0.2) is 4.79 Å². The maximum absolute atomic E-state index is 11.6. The van der Waals surface area contributed by atoms with E-state index >= 15 is 0 Å². The average Bonchev–Trinajstić information content (AvgIpc) is 2.52. The number of hydrogen-bond donors (Lipinski definition) is 0. The van der Waals surface area contributed by atoms with Gasteiger partial charge in [0.05, 0.1) is 5.71 Å². The molecule has 0 N–H and O–H groups in total. The minimum Gasteiger partial charge on any atom is -0.482 e. The van der Waals surface area contributed by atoms with Gasteiger partial charge in [0.1, 0.15) is 5.75 Å². The summed E-state index contributed by atoms with van der Waals surface area (Å²) in [6.07, 6.45) is 0. The van der Waals surface area contributed by atoms with Crippen LogP contribution in [0.1, 0.15) is 18.1 Å². The Labute approximate surface area is 124 Å². The molecule has 2 rings (SSSR count). The van der Waals surface area contributed by atoms with Crippen molar-refractivity contribution in [3.8, 4) is 5.75 Å². The minimum atomic E-state index is -0.537. The van der Waals surface area contributed by atoms with Crippen molar-refractivity contribution in [2.75, 3.05) is 6.61 Å². The minimum absolute atomic E-state index is 0.172. The van der Waals surface area contributed by atoms with Gasteiger partial charge in [0, 0.05) is 0 Å². The summed E-state index contributed by atoms with van der Waals surface area (Å²) in [5.74, 6) is 0.0824. The number of rotatable bonds is 5. The van der Waals surface area contributed by atoms with Crippen LogP contribution in [0.15, 0.2) is 59.8 Å². The van der Waals surface area contributed by atoms with Crippen LogP contribution in [0.5, 0.6) is 5.75 Å². The van der Waals surface area contributed by atoms with E-state index in [0.29, 0.717) is 11.5 Å². The van der Waals surface area contributed by atoms with Gasteiger partial charge < -0.3 is 9.57 Å². The average molecular weight is 283 g/mol. The number of aryl methyl sites for hydroxylation is 1. The van der Waals surface area contributed by atoms with E-state index < -0.39 is 5.97 Å². The molecule has 0 unspecified atom stereocenters. The summed E-state index contributed by atoms with van der Waals surface area (Å²) in [6, 6.07) is 16.9. The van der Waals surface area contributed by atoms with Crippen LogP contribution in [0.2, 0.25) is 0 Å². The molecule has 0 heterocycles. The van der Waals surface area contributed by atoms with E-state index in [1.165, 1.54) is 5.56 Å². The second-order valence-corrected chi connectivity index (χ2v) is 4.61. The molecule has 0 bridgehead atoms. The first-order chi connectivity index (χ1) is 10.1. The van der Waals surface area contributed by atoms with E-state index in [4.69, 9.17) is 9.57 Å². The van der Waals surface area contributed by atoms with Crippen LogP contribution in [0.25, 0.3) is 0 Å². The Bertz CT molecular complexity index is 618. The molecule has 0 radical (unpaired) electrons. The Kier molecular flexibility index (Phi) is 5.10. The van der Waals surface area contributed by atoms with Crippen molar-refractivity contribution >= 4 is 11.7 Å². The maximum atomic E-state index is 11.6. The number of oxime groups is 1. The van der Waals surface area contributed by atoms with Crippen molar-refractivity contribution < 1.29 is 14.4 Å². The van der Waals surface area contributed by atoms with Crippen molar-refractivity contribution in [2.45, 2.75) is 13.8 Å². The highest BCUT2D eigenvalue weighted by Crippen LogP contribution is 2.08. The standard InChI is InChI=1S/C17H17NO3/c1-13-8-10-15(11-9-13)14(2)18-21-17(19)12-20-16-6-4-3-5-7-16/h3-11H,12H2,1-2H3. The van der Waals surface area contributed by atoms with Crippen LogP contribution in [0.3, 0.4) is 0 Å². The summed E-state index contributed by atoms with van der Waals surface area (Å²) in [4.78, 5) is 16.4. The van der Waals surface area contributed by atoms with Gasteiger partial charge in [-0.15, -0.1) is 0 Å². The second kappa shape index (κ2) is 7.24. The Balaban J connectivity index is 1.85. The van der Waals surface area contributed by atoms with Gasteiger partial charge in [0.15, 0.2) is 6.61 Å². The molecular formula is C17H17NO3. The molecule has 4 nitrogen and oxygen atoms in total.